The number of carbonyl (C=O) groups excluding carboxylic acids is 2. The number of benzene rings is 1. The Balaban J connectivity index is 1.70. The first-order valence-electron chi connectivity index (χ1n) is 9.60. The Morgan fingerprint density at radius 3 is 2.59 bits per heavy atom. The lowest BCUT2D eigenvalue weighted by Gasteiger charge is -2.16. The molecule has 0 spiro atoms. The van der Waals surface area contributed by atoms with Crippen LogP contribution in [0.1, 0.15) is 63.9 Å². The molecule has 1 aromatic carbocycles. The van der Waals surface area contributed by atoms with Gasteiger partial charge in [0.2, 0.25) is 5.91 Å². The zero-order chi connectivity index (χ0) is 19.6. The first kappa shape index (κ1) is 21.2. The second-order valence-electron chi connectivity index (χ2n) is 7.04. The van der Waals surface area contributed by atoms with Crippen LogP contribution in [0, 0.1) is 5.92 Å². The molecule has 1 atom stereocenters. The minimum atomic E-state index is -0.374. The van der Waals surface area contributed by atoms with Crippen molar-refractivity contribution in [2.45, 2.75) is 58.3 Å². The van der Waals surface area contributed by atoms with E-state index in [0.29, 0.717) is 24.0 Å². The molecule has 1 unspecified atom stereocenters. The van der Waals surface area contributed by atoms with Crippen LogP contribution in [0.15, 0.2) is 24.3 Å². The van der Waals surface area contributed by atoms with E-state index in [-0.39, 0.29) is 23.5 Å². The maximum Gasteiger partial charge on any atom is 0.276 e. The van der Waals surface area contributed by atoms with Gasteiger partial charge in [-0.15, -0.1) is 0 Å². The van der Waals surface area contributed by atoms with Gasteiger partial charge in [0.05, 0.1) is 0 Å². The van der Waals surface area contributed by atoms with E-state index in [2.05, 4.69) is 30.0 Å². The summed E-state index contributed by atoms with van der Waals surface area (Å²) in [5, 5.41) is 2.68. The Labute approximate surface area is 166 Å². The van der Waals surface area contributed by atoms with Gasteiger partial charge in [0.1, 0.15) is 5.75 Å². The van der Waals surface area contributed by atoms with Crippen LogP contribution in [0.3, 0.4) is 0 Å². The van der Waals surface area contributed by atoms with Crippen LogP contribution in [0.4, 0.5) is 0 Å². The average Bonchev–Trinajstić information content (AvgIpc) is 3.17. The third kappa shape index (κ3) is 7.17. The number of hydrazine groups is 1. The second-order valence-corrected chi connectivity index (χ2v) is 7.45. The predicted molar refractivity (Wildman–Crippen MR) is 109 cm³/mol. The smallest absolute Gasteiger partial charge is 0.276 e. The van der Waals surface area contributed by atoms with Gasteiger partial charge in [-0.2, -0.15) is 0 Å². The van der Waals surface area contributed by atoms with Crippen LogP contribution in [0.25, 0.3) is 0 Å². The largest absolute Gasteiger partial charge is 0.483 e. The third-order valence-electron chi connectivity index (χ3n) is 4.94. The van der Waals surface area contributed by atoms with Crippen molar-refractivity contribution in [3.63, 3.8) is 0 Å². The molecule has 1 aliphatic rings. The van der Waals surface area contributed by atoms with E-state index in [9.17, 15) is 9.59 Å². The van der Waals surface area contributed by atoms with Gasteiger partial charge in [-0.1, -0.05) is 44.9 Å². The van der Waals surface area contributed by atoms with Gasteiger partial charge in [0, 0.05) is 6.42 Å². The Morgan fingerprint density at radius 2 is 1.89 bits per heavy atom. The predicted octanol–water partition coefficient (Wildman–Crippen LogP) is 3.18. The highest BCUT2D eigenvalue weighted by Crippen LogP contribution is 2.28. The van der Waals surface area contributed by atoms with Gasteiger partial charge < -0.3 is 10.1 Å². The molecular weight excluding hydrogens is 362 g/mol. The fourth-order valence-electron chi connectivity index (χ4n) is 3.23. The molecule has 0 aliphatic heterocycles. The van der Waals surface area contributed by atoms with Crippen LogP contribution in [0.5, 0.6) is 5.75 Å². The summed E-state index contributed by atoms with van der Waals surface area (Å²) in [5.74, 6) is 1.01. The fraction of sp³-hybridized carbons (Fsp3) is 0.550. The zero-order valence-corrected chi connectivity index (χ0v) is 16.9. The van der Waals surface area contributed by atoms with Crippen molar-refractivity contribution in [1.29, 1.82) is 0 Å². The molecule has 0 radical (unpaired) electrons. The van der Waals surface area contributed by atoms with Crippen LogP contribution >= 0.6 is 12.2 Å². The Hall–Kier alpha value is -2.15. The lowest BCUT2D eigenvalue weighted by atomic mass is 9.98. The standard InChI is InChI=1S/C20H29N3O3S/c1-3-14(2)16-10-6-7-11-17(16)26-13-19(25)22-23-20(27)21-18(24)12-15-8-4-5-9-15/h6-7,10-11,14-15H,3-5,8-9,12-13H2,1-2H3,(H,22,25)(H2,21,23,24,27). The van der Waals surface area contributed by atoms with E-state index in [1.807, 2.05) is 24.3 Å². The Morgan fingerprint density at radius 1 is 1.19 bits per heavy atom. The summed E-state index contributed by atoms with van der Waals surface area (Å²) >= 11 is 5.04. The topological polar surface area (TPSA) is 79.5 Å². The van der Waals surface area contributed by atoms with E-state index in [4.69, 9.17) is 17.0 Å². The number of amides is 2. The van der Waals surface area contributed by atoms with Gasteiger partial charge in [0.15, 0.2) is 11.7 Å². The van der Waals surface area contributed by atoms with E-state index in [0.717, 1.165) is 24.8 Å². The van der Waals surface area contributed by atoms with Crippen molar-refractivity contribution in [1.82, 2.24) is 16.2 Å². The van der Waals surface area contributed by atoms with Gasteiger partial charge in [-0.05, 0) is 54.9 Å². The monoisotopic (exact) mass is 391 g/mol. The van der Waals surface area contributed by atoms with Gasteiger partial charge in [-0.25, -0.2) is 0 Å². The quantitative estimate of drug-likeness (QED) is 0.491. The lowest BCUT2D eigenvalue weighted by Crippen LogP contribution is -2.49. The molecule has 1 aliphatic carbocycles. The molecule has 2 amide bonds. The lowest BCUT2D eigenvalue weighted by molar-refractivity contribution is -0.124. The molecule has 0 saturated heterocycles. The van der Waals surface area contributed by atoms with Gasteiger partial charge in [0.25, 0.3) is 5.91 Å². The van der Waals surface area contributed by atoms with Gasteiger partial charge in [-0.3, -0.25) is 20.4 Å². The zero-order valence-electron chi connectivity index (χ0n) is 16.0. The molecular formula is C20H29N3O3S. The van der Waals surface area contributed by atoms with E-state index >= 15 is 0 Å². The van der Waals surface area contributed by atoms with Crippen LogP contribution in [-0.4, -0.2) is 23.5 Å². The maximum atomic E-state index is 12.0. The van der Waals surface area contributed by atoms with Gasteiger partial charge >= 0.3 is 0 Å². The summed E-state index contributed by atoms with van der Waals surface area (Å²) in [7, 11) is 0. The minimum Gasteiger partial charge on any atom is -0.483 e. The average molecular weight is 392 g/mol. The van der Waals surface area contributed by atoms with Crippen molar-refractivity contribution >= 4 is 29.1 Å². The number of para-hydroxylation sites is 1. The molecule has 6 nitrogen and oxygen atoms in total. The van der Waals surface area contributed by atoms with Crippen molar-refractivity contribution in [3.8, 4) is 5.75 Å². The summed E-state index contributed by atoms with van der Waals surface area (Å²) in [4.78, 5) is 23.9. The number of hydrogen-bond donors (Lipinski definition) is 3. The summed E-state index contributed by atoms with van der Waals surface area (Å²) in [6, 6.07) is 7.71. The molecule has 1 saturated carbocycles. The van der Waals surface area contributed by atoms with E-state index in [1.165, 1.54) is 12.8 Å². The summed E-state index contributed by atoms with van der Waals surface area (Å²) < 4.78 is 5.64. The number of hydrogen-bond acceptors (Lipinski definition) is 4. The second kappa shape index (κ2) is 10.9. The maximum absolute atomic E-state index is 12.0. The molecule has 0 bridgehead atoms. The summed E-state index contributed by atoms with van der Waals surface area (Å²) in [5.41, 5.74) is 6.07. The van der Waals surface area contributed by atoms with Crippen LogP contribution < -0.4 is 20.9 Å². The molecule has 7 heteroatoms. The SMILES string of the molecule is CCC(C)c1ccccc1OCC(=O)NNC(=S)NC(=O)CC1CCCC1. The van der Waals surface area contributed by atoms with Crippen molar-refractivity contribution < 1.29 is 14.3 Å². The molecule has 148 valence electrons. The third-order valence-corrected chi connectivity index (χ3v) is 5.14. The number of nitrogens with one attached hydrogen (secondary N) is 3. The summed E-state index contributed by atoms with van der Waals surface area (Å²) in [6.07, 6.45) is 6.04. The number of rotatable bonds is 7. The fourth-order valence-corrected chi connectivity index (χ4v) is 3.40. The molecule has 0 aromatic heterocycles. The molecule has 0 heterocycles. The first-order chi connectivity index (χ1) is 13.0. The molecule has 3 N–H and O–H groups in total. The highest BCUT2D eigenvalue weighted by Gasteiger charge is 2.19. The number of carbonyl (C=O) groups is 2. The van der Waals surface area contributed by atoms with Crippen molar-refractivity contribution in [2.75, 3.05) is 6.61 Å². The number of thiocarbonyl (C=S) groups is 1. The molecule has 27 heavy (non-hydrogen) atoms. The van der Waals surface area contributed by atoms with E-state index < -0.39 is 0 Å². The molecule has 1 aromatic rings. The Kier molecular flexibility index (Phi) is 8.51. The van der Waals surface area contributed by atoms with Crippen molar-refractivity contribution in [2.24, 2.45) is 5.92 Å². The van der Waals surface area contributed by atoms with Crippen LogP contribution in [-0.2, 0) is 9.59 Å². The number of ether oxygens (including phenoxy) is 1. The highest BCUT2D eigenvalue weighted by molar-refractivity contribution is 7.80. The first-order valence-corrected chi connectivity index (χ1v) is 10.0. The highest BCUT2D eigenvalue weighted by atomic mass is 32.1. The minimum absolute atomic E-state index is 0.0892. The molecule has 1 fully saturated rings. The molecule has 2 rings (SSSR count). The van der Waals surface area contributed by atoms with Crippen molar-refractivity contribution in [3.05, 3.63) is 29.8 Å². The van der Waals surface area contributed by atoms with Crippen LogP contribution in [0.2, 0.25) is 0 Å². The Bertz CT molecular complexity index is 660. The summed E-state index contributed by atoms with van der Waals surface area (Å²) in [6.45, 7) is 4.09. The normalized spacial score (nSPS) is 15.0. The van der Waals surface area contributed by atoms with E-state index in [1.54, 1.807) is 0 Å².